The summed E-state index contributed by atoms with van der Waals surface area (Å²) < 4.78 is 1.60. The predicted octanol–water partition coefficient (Wildman–Crippen LogP) is 4.35. The predicted molar refractivity (Wildman–Crippen MR) is 109 cm³/mol. The molecule has 1 amide bonds. The molecule has 0 unspecified atom stereocenters. The summed E-state index contributed by atoms with van der Waals surface area (Å²) >= 11 is 5.87. The second-order valence-corrected chi connectivity index (χ2v) is 6.99. The Morgan fingerprint density at radius 3 is 2.41 bits per heavy atom. The summed E-state index contributed by atoms with van der Waals surface area (Å²) in [6.07, 6.45) is 0. The van der Waals surface area contributed by atoms with Crippen LogP contribution in [0.2, 0.25) is 5.02 Å². The molecule has 1 N–H and O–H groups in total. The van der Waals surface area contributed by atoms with Crippen LogP contribution < -0.4 is 10.9 Å². The van der Waals surface area contributed by atoms with Crippen molar-refractivity contribution in [3.63, 3.8) is 0 Å². The van der Waals surface area contributed by atoms with E-state index in [1.165, 1.54) is 0 Å². The quantitative estimate of drug-likeness (QED) is 0.731. The number of carbonyl (C=O) groups excluding carboxylic acids is 1. The average molecular weight is 381 g/mol. The fourth-order valence-electron chi connectivity index (χ4n) is 2.96. The van der Waals surface area contributed by atoms with Gasteiger partial charge in [-0.25, -0.2) is 0 Å². The highest BCUT2D eigenvalue weighted by Crippen LogP contribution is 2.18. The molecule has 5 heteroatoms. The topological polar surface area (TPSA) is 51.1 Å². The first-order valence-corrected chi connectivity index (χ1v) is 9.08. The van der Waals surface area contributed by atoms with Gasteiger partial charge in [-0.1, -0.05) is 35.9 Å². The lowest BCUT2D eigenvalue weighted by Crippen LogP contribution is -2.33. The third kappa shape index (κ3) is 3.96. The summed E-state index contributed by atoms with van der Waals surface area (Å²) in [4.78, 5) is 25.6. The van der Waals surface area contributed by atoms with Crippen LogP contribution >= 0.6 is 11.6 Å². The Labute approximate surface area is 163 Å². The lowest BCUT2D eigenvalue weighted by atomic mass is 10.1. The van der Waals surface area contributed by atoms with Gasteiger partial charge in [-0.15, -0.1) is 0 Å². The van der Waals surface area contributed by atoms with E-state index in [0.29, 0.717) is 11.6 Å². The van der Waals surface area contributed by atoms with Crippen LogP contribution in [-0.4, -0.2) is 10.5 Å². The molecule has 0 aliphatic heterocycles. The zero-order chi connectivity index (χ0) is 19.6. The number of halogens is 1. The maximum absolute atomic E-state index is 13.0. The van der Waals surface area contributed by atoms with Gasteiger partial charge in [0.25, 0.3) is 11.5 Å². The molecule has 0 radical (unpaired) electrons. The summed E-state index contributed by atoms with van der Waals surface area (Å²) in [5, 5.41) is 3.44. The molecule has 27 heavy (non-hydrogen) atoms. The zero-order valence-electron chi connectivity index (χ0n) is 15.5. The summed E-state index contributed by atoms with van der Waals surface area (Å²) in [7, 11) is 0. The van der Waals surface area contributed by atoms with Gasteiger partial charge in [0.05, 0.1) is 5.69 Å². The molecule has 0 saturated heterocycles. The number of aryl methyl sites for hydroxylation is 2. The Balaban J connectivity index is 1.93. The van der Waals surface area contributed by atoms with Gasteiger partial charge in [-0.3, -0.25) is 14.2 Å². The van der Waals surface area contributed by atoms with Crippen LogP contribution in [0, 0.1) is 20.8 Å². The number of amides is 1. The molecule has 0 saturated carbocycles. The largest absolute Gasteiger partial charge is 0.348 e. The molecule has 4 nitrogen and oxygen atoms in total. The van der Waals surface area contributed by atoms with Crippen LogP contribution in [0.3, 0.4) is 0 Å². The molecule has 0 fully saturated rings. The Morgan fingerprint density at radius 2 is 1.70 bits per heavy atom. The van der Waals surface area contributed by atoms with E-state index in [0.717, 1.165) is 28.1 Å². The molecular formula is C22H21ClN2O2. The van der Waals surface area contributed by atoms with Gasteiger partial charge in [0.15, 0.2) is 0 Å². The monoisotopic (exact) mass is 380 g/mol. The number of nitrogens with zero attached hydrogens (tertiary/aromatic N) is 1. The third-order valence-corrected chi connectivity index (χ3v) is 4.96. The highest BCUT2D eigenvalue weighted by molar-refractivity contribution is 6.30. The van der Waals surface area contributed by atoms with Gasteiger partial charge in [0.1, 0.15) is 5.56 Å². The minimum Gasteiger partial charge on any atom is -0.348 e. The van der Waals surface area contributed by atoms with Gasteiger partial charge in [-0.2, -0.15) is 0 Å². The van der Waals surface area contributed by atoms with Gasteiger partial charge in [-0.05, 0) is 67.8 Å². The lowest BCUT2D eigenvalue weighted by molar-refractivity contribution is 0.0949. The highest BCUT2D eigenvalue weighted by atomic mass is 35.5. The van der Waals surface area contributed by atoms with Crippen LogP contribution in [0.4, 0.5) is 0 Å². The normalized spacial score (nSPS) is 10.7. The Kier molecular flexibility index (Phi) is 5.47. The summed E-state index contributed by atoms with van der Waals surface area (Å²) in [5.74, 6) is -0.394. The standard InChI is InChI=1S/C22H21ClN2O2/c1-14-5-4-6-20(16(14)3)25-15(2)7-12-19(22(25)27)21(26)24-13-17-8-10-18(23)11-9-17/h4-12H,13H2,1-3H3,(H,24,26). The number of hydrogen-bond donors (Lipinski definition) is 1. The van der Waals surface area contributed by atoms with E-state index in [2.05, 4.69) is 5.32 Å². The van der Waals surface area contributed by atoms with Crippen molar-refractivity contribution in [1.82, 2.24) is 9.88 Å². The molecule has 0 atom stereocenters. The molecule has 138 valence electrons. The molecule has 2 aromatic carbocycles. The van der Waals surface area contributed by atoms with Crippen LogP contribution in [-0.2, 0) is 6.54 Å². The van der Waals surface area contributed by atoms with Crippen molar-refractivity contribution < 1.29 is 4.79 Å². The van der Waals surface area contributed by atoms with Crippen molar-refractivity contribution in [3.8, 4) is 5.69 Å². The lowest BCUT2D eigenvalue weighted by Gasteiger charge is -2.15. The number of rotatable bonds is 4. The van der Waals surface area contributed by atoms with Crippen molar-refractivity contribution in [3.05, 3.63) is 97.9 Å². The number of nitrogens with one attached hydrogen (secondary N) is 1. The van der Waals surface area contributed by atoms with Crippen molar-refractivity contribution >= 4 is 17.5 Å². The van der Waals surface area contributed by atoms with Crippen molar-refractivity contribution in [1.29, 1.82) is 0 Å². The number of aromatic nitrogens is 1. The molecule has 1 heterocycles. The Morgan fingerprint density at radius 1 is 1.00 bits per heavy atom. The van der Waals surface area contributed by atoms with Crippen molar-refractivity contribution in [2.45, 2.75) is 27.3 Å². The van der Waals surface area contributed by atoms with E-state index in [-0.39, 0.29) is 11.1 Å². The Hall–Kier alpha value is -2.85. The fourth-order valence-corrected chi connectivity index (χ4v) is 3.09. The van der Waals surface area contributed by atoms with E-state index in [1.807, 2.05) is 51.1 Å². The second kappa shape index (κ2) is 7.80. The first-order chi connectivity index (χ1) is 12.9. The van der Waals surface area contributed by atoms with Gasteiger partial charge < -0.3 is 5.32 Å². The van der Waals surface area contributed by atoms with E-state index in [4.69, 9.17) is 11.6 Å². The number of benzene rings is 2. The van der Waals surface area contributed by atoms with E-state index in [9.17, 15) is 9.59 Å². The Bertz CT molecular complexity index is 1050. The molecule has 0 aliphatic carbocycles. The first-order valence-electron chi connectivity index (χ1n) is 8.70. The number of hydrogen-bond acceptors (Lipinski definition) is 2. The summed E-state index contributed by atoms with van der Waals surface area (Å²) in [6, 6.07) is 16.4. The smallest absolute Gasteiger partial charge is 0.268 e. The zero-order valence-corrected chi connectivity index (χ0v) is 16.3. The maximum atomic E-state index is 13.0. The van der Waals surface area contributed by atoms with Crippen molar-refractivity contribution in [2.24, 2.45) is 0 Å². The summed E-state index contributed by atoms with van der Waals surface area (Å²) in [5.41, 5.74) is 4.40. The molecule has 0 bridgehead atoms. The van der Waals surface area contributed by atoms with Crippen LogP contribution in [0.5, 0.6) is 0 Å². The minimum atomic E-state index is -0.394. The van der Waals surface area contributed by atoms with Crippen molar-refractivity contribution in [2.75, 3.05) is 0 Å². The highest BCUT2D eigenvalue weighted by Gasteiger charge is 2.16. The maximum Gasteiger partial charge on any atom is 0.268 e. The van der Waals surface area contributed by atoms with Crippen LogP contribution in [0.1, 0.15) is 32.7 Å². The molecule has 0 aliphatic rings. The van der Waals surface area contributed by atoms with E-state index < -0.39 is 5.91 Å². The molecule has 3 rings (SSSR count). The van der Waals surface area contributed by atoms with Gasteiger partial charge in [0.2, 0.25) is 0 Å². The molecular weight excluding hydrogens is 360 g/mol. The van der Waals surface area contributed by atoms with Crippen LogP contribution in [0.25, 0.3) is 5.69 Å². The van der Waals surface area contributed by atoms with E-state index in [1.54, 1.807) is 28.8 Å². The average Bonchev–Trinajstić information content (AvgIpc) is 2.64. The second-order valence-electron chi connectivity index (χ2n) is 6.56. The van der Waals surface area contributed by atoms with Gasteiger partial charge in [0, 0.05) is 17.3 Å². The minimum absolute atomic E-state index is 0.121. The summed E-state index contributed by atoms with van der Waals surface area (Å²) in [6.45, 7) is 6.16. The molecule has 3 aromatic rings. The van der Waals surface area contributed by atoms with E-state index >= 15 is 0 Å². The number of pyridine rings is 1. The van der Waals surface area contributed by atoms with Gasteiger partial charge >= 0.3 is 0 Å². The fraction of sp³-hybridized carbons (Fsp3) is 0.182. The number of carbonyl (C=O) groups is 1. The molecule has 1 aromatic heterocycles. The first kappa shape index (κ1) is 18.9. The third-order valence-electron chi connectivity index (χ3n) is 4.71. The SMILES string of the molecule is Cc1cccc(-n2c(C)ccc(C(=O)NCc3ccc(Cl)cc3)c2=O)c1C. The van der Waals surface area contributed by atoms with Crippen LogP contribution in [0.15, 0.2) is 59.4 Å². The molecule has 0 spiro atoms.